The van der Waals surface area contributed by atoms with E-state index in [-0.39, 0.29) is 12.4 Å². The van der Waals surface area contributed by atoms with Crippen LogP contribution in [0.3, 0.4) is 0 Å². The monoisotopic (exact) mass is 220 g/mol. The van der Waals surface area contributed by atoms with Crippen molar-refractivity contribution in [2.75, 3.05) is 13.7 Å². The summed E-state index contributed by atoms with van der Waals surface area (Å²) in [6, 6.07) is 7.72. The molecule has 1 saturated heterocycles. The molecule has 0 aromatic heterocycles. The van der Waals surface area contributed by atoms with Gasteiger partial charge in [0.1, 0.15) is 5.75 Å². The summed E-state index contributed by atoms with van der Waals surface area (Å²) in [5.74, 6) is 0.792. The summed E-state index contributed by atoms with van der Waals surface area (Å²) in [5.41, 5.74) is 0.935. The van der Waals surface area contributed by atoms with Gasteiger partial charge in [-0.1, -0.05) is 18.2 Å². The summed E-state index contributed by atoms with van der Waals surface area (Å²) in [6.45, 7) is 6.09. The lowest BCUT2D eigenvalue weighted by Gasteiger charge is -2.14. The van der Waals surface area contributed by atoms with Crippen LogP contribution in [0.1, 0.15) is 24.7 Å². The quantitative estimate of drug-likeness (QED) is 0.780. The van der Waals surface area contributed by atoms with E-state index in [1.54, 1.807) is 7.11 Å². The predicted molar refractivity (Wildman–Crippen MR) is 60.1 cm³/mol. The van der Waals surface area contributed by atoms with E-state index in [4.69, 9.17) is 21.1 Å². The van der Waals surface area contributed by atoms with E-state index in [2.05, 4.69) is 0 Å². The van der Waals surface area contributed by atoms with Gasteiger partial charge in [-0.2, -0.15) is 0 Å². The van der Waals surface area contributed by atoms with E-state index in [0.29, 0.717) is 13.0 Å². The molecule has 1 aliphatic heterocycles. The van der Waals surface area contributed by atoms with Crippen molar-refractivity contribution in [1.82, 2.24) is 0 Å². The molecule has 1 aliphatic rings. The van der Waals surface area contributed by atoms with Crippen LogP contribution in [-0.2, 0) is 9.47 Å². The maximum atomic E-state index is 5.75. The van der Waals surface area contributed by atoms with Crippen LogP contribution in [0.15, 0.2) is 24.3 Å². The van der Waals surface area contributed by atoms with Crippen LogP contribution >= 0.6 is 0 Å². The first kappa shape index (κ1) is 11.4. The standard InChI is InChI=1S/C13H16O3/c1-3-6-10-9-15-13(16-10)11-7-4-5-8-12(11)14-2/h1,4-5,7-8,10,13H,3,6,9H2,2H3. The van der Waals surface area contributed by atoms with Gasteiger partial charge in [-0.3, -0.25) is 0 Å². The molecule has 16 heavy (non-hydrogen) atoms. The Hall–Kier alpha value is -1.06. The summed E-state index contributed by atoms with van der Waals surface area (Å²) >= 11 is 0. The van der Waals surface area contributed by atoms with E-state index in [9.17, 15) is 0 Å². The minimum Gasteiger partial charge on any atom is -0.496 e. The second-order valence-corrected chi connectivity index (χ2v) is 3.74. The number of hydrogen-bond acceptors (Lipinski definition) is 3. The van der Waals surface area contributed by atoms with Gasteiger partial charge in [0.25, 0.3) is 0 Å². The van der Waals surface area contributed by atoms with Gasteiger partial charge >= 0.3 is 0 Å². The molecule has 2 unspecified atom stereocenters. The third-order valence-electron chi connectivity index (χ3n) is 2.63. The zero-order chi connectivity index (χ0) is 11.4. The first-order valence-corrected chi connectivity index (χ1v) is 5.45. The molecule has 0 amide bonds. The summed E-state index contributed by atoms with van der Waals surface area (Å²) < 4.78 is 16.6. The Bertz CT molecular complexity index is 338. The molecule has 2 radical (unpaired) electrons. The van der Waals surface area contributed by atoms with Crippen molar-refractivity contribution in [2.24, 2.45) is 0 Å². The predicted octanol–water partition coefficient (Wildman–Crippen LogP) is 2.60. The molecular weight excluding hydrogens is 204 g/mol. The molecule has 86 valence electrons. The second-order valence-electron chi connectivity index (χ2n) is 3.74. The highest BCUT2D eigenvalue weighted by atomic mass is 16.7. The number of methoxy groups -OCH3 is 1. The van der Waals surface area contributed by atoms with Crippen molar-refractivity contribution in [1.29, 1.82) is 0 Å². The Morgan fingerprint density at radius 2 is 2.25 bits per heavy atom. The zero-order valence-electron chi connectivity index (χ0n) is 9.39. The first-order chi connectivity index (χ1) is 7.85. The van der Waals surface area contributed by atoms with Crippen molar-refractivity contribution in [3.63, 3.8) is 0 Å². The Kier molecular flexibility index (Phi) is 3.80. The molecule has 0 saturated carbocycles. The van der Waals surface area contributed by atoms with Crippen molar-refractivity contribution >= 4 is 0 Å². The third-order valence-corrected chi connectivity index (χ3v) is 2.63. The van der Waals surface area contributed by atoms with E-state index in [1.165, 1.54) is 0 Å². The highest BCUT2D eigenvalue weighted by Crippen LogP contribution is 2.33. The highest BCUT2D eigenvalue weighted by molar-refractivity contribution is 5.34. The van der Waals surface area contributed by atoms with Crippen LogP contribution < -0.4 is 4.74 Å². The number of rotatable bonds is 4. The average Bonchev–Trinajstić information content (AvgIpc) is 2.78. The van der Waals surface area contributed by atoms with Gasteiger partial charge in [-0.25, -0.2) is 0 Å². The van der Waals surface area contributed by atoms with Crippen LogP contribution in [0.4, 0.5) is 0 Å². The van der Waals surface area contributed by atoms with Gasteiger partial charge in [-0.15, -0.1) is 0 Å². The number of benzene rings is 1. The summed E-state index contributed by atoms with van der Waals surface area (Å²) in [4.78, 5) is 0. The molecule has 3 nitrogen and oxygen atoms in total. The van der Waals surface area contributed by atoms with Gasteiger partial charge < -0.3 is 14.2 Å². The van der Waals surface area contributed by atoms with E-state index in [0.717, 1.165) is 17.7 Å². The molecular formula is C13H16O3. The van der Waals surface area contributed by atoms with Gasteiger partial charge in [-0.05, 0) is 25.8 Å². The highest BCUT2D eigenvalue weighted by Gasteiger charge is 2.28. The normalized spacial score (nSPS) is 24.6. The largest absolute Gasteiger partial charge is 0.496 e. The number of hydrogen-bond donors (Lipinski definition) is 0. The van der Waals surface area contributed by atoms with E-state index in [1.807, 2.05) is 24.3 Å². The summed E-state index contributed by atoms with van der Waals surface area (Å²) in [7, 11) is 1.64. The van der Waals surface area contributed by atoms with E-state index >= 15 is 0 Å². The van der Waals surface area contributed by atoms with Crippen molar-refractivity contribution < 1.29 is 14.2 Å². The van der Waals surface area contributed by atoms with Crippen LogP contribution in [0.25, 0.3) is 0 Å². The molecule has 0 aliphatic carbocycles. The van der Waals surface area contributed by atoms with Crippen LogP contribution in [0.5, 0.6) is 5.75 Å². The van der Waals surface area contributed by atoms with E-state index < -0.39 is 0 Å². The molecule has 2 atom stereocenters. The van der Waals surface area contributed by atoms with Crippen molar-refractivity contribution in [3.8, 4) is 5.75 Å². The van der Waals surface area contributed by atoms with Gasteiger partial charge in [0.2, 0.25) is 0 Å². The summed E-state index contributed by atoms with van der Waals surface area (Å²) in [6.07, 6.45) is 1.21. The molecule has 3 heteroatoms. The fraction of sp³-hybridized carbons (Fsp3) is 0.462. The Morgan fingerprint density at radius 3 is 3.00 bits per heavy atom. The Morgan fingerprint density at radius 1 is 1.44 bits per heavy atom. The van der Waals surface area contributed by atoms with Gasteiger partial charge in [0.15, 0.2) is 6.29 Å². The average molecular weight is 220 g/mol. The maximum Gasteiger partial charge on any atom is 0.187 e. The molecule has 1 aromatic carbocycles. The lowest BCUT2D eigenvalue weighted by molar-refractivity contribution is -0.0621. The number of para-hydroxylation sites is 1. The molecule has 0 spiro atoms. The Balaban J connectivity index is 2.08. The van der Waals surface area contributed by atoms with Crippen molar-refractivity contribution in [3.05, 3.63) is 36.8 Å². The lowest BCUT2D eigenvalue weighted by atomic mass is 10.2. The second kappa shape index (κ2) is 5.32. The minimum absolute atomic E-state index is 0.0971. The van der Waals surface area contributed by atoms with Gasteiger partial charge in [0.05, 0.1) is 19.8 Å². The molecule has 0 bridgehead atoms. The minimum atomic E-state index is -0.326. The maximum absolute atomic E-state index is 5.75. The molecule has 1 heterocycles. The topological polar surface area (TPSA) is 27.7 Å². The van der Waals surface area contributed by atoms with Crippen LogP contribution in [0, 0.1) is 6.92 Å². The fourth-order valence-corrected chi connectivity index (χ4v) is 1.81. The first-order valence-electron chi connectivity index (χ1n) is 5.45. The van der Waals surface area contributed by atoms with Crippen molar-refractivity contribution in [2.45, 2.75) is 25.2 Å². The smallest absolute Gasteiger partial charge is 0.187 e. The zero-order valence-corrected chi connectivity index (χ0v) is 9.39. The molecule has 2 rings (SSSR count). The van der Waals surface area contributed by atoms with Crippen LogP contribution in [0.2, 0.25) is 0 Å². The number of ether oxygens (including phenoxy) is 3. The fourth-order valence-electron chi connectivity index (χ4n) is 1.81. The lowest BCUT2D eigenvalue weighted by Crippen LogP contribution is -2.08. The Labute approximate surface area is 96.3 Å². The molecule has 1 fully saturated rings. The molecule has 0 N–H and O–H groups in total. The van der Waals surface area contributed by atoms with Gasteiger partial charge in [0, 0.05) is 5.56 Å². The molecule has 1 aromatic rings. The third kappa shape index (κ3) is 2.36. The summed E-state index contributed by atoms with van der Waals surface area (Å²) in [5, 5.41) is 0. The SMILES string of the molecule is [CH]CCC1COC(c2ccccc2OC)O1. The van der Waals surface area contributed by atoms with Crippen LogP contribution in [-0.4, -0.2) is 19.8 Å².